The molecule has 2 amide bonds. The van der Waals surface area contributed by atoms with Gasteiger partial charge in [0.1, 0.15) is 0 Å². The van der Waals surface area contributed by atoms with Crippen LogP contribution in [-0.2, 0) is 11.2 Å². The SMILES string of the molecule is O=C(Cc1ccccc1)Nc1cccc(-c2ccc(C(=O)NO)cc2)c1. The zero-order chi connectivity index (χ0) is 18.4. The van der Waals surface area contributed by atoms with Crippen molar-refractivity contribution in [3.05, 3.63) is 90.0 Å². The van der Waals surface area contributed by atoms with Crippen molar-refractivity contribution < 1.29 is 14.8 Å². The van der Waals surface area contributed by atoms with Crippen LogP contribution >= 0.6 is 0 Å². The molecule has 0 unspecified atom stereocenters. The van der Waals surface area contributed by atoms with E-state index in [2.05, 4.69) is 5.32 Å². The summed E-state index contributed by atoms with van der Waals surface area (Å²) in [5.41, 5.74) is 5.45. The second kappa shape index (κ2) is 8.09. The molecule has 0 aromatic heterocycles. The van der Waals surface area contributed by atoms with Gasteiger partial charge in [0, 0.05) is 11.3 Å². The van der Waals surface area contributed by atoms with E-state index >= 15 is 0 Å². The number of amides is 2. The van der Waals surface area contributed by atoms with Gasteiger partial charge in [-0.25, -0.2) is 5.48 Å². The van der Waals surface area contributed by atoms with Crippen LogP contribution < -0.4 is 10.8 Å². The molecule has 0 saturated heterocycles. The molecule has 0 saturated carbocycles. The van der Waals surface area contributed by atoms with Gasteiger partial charge < -0.3 is 5.32 Å². The Morgan fingerprint density at radius 1 is 0.808 bits per heavy atom. The quantitative estimate of drug-likeness (QED) is 0.487. The van der Waals surface area contributed by atoms with Crippen LogP contribution in [0.5, 0.6) is 0 Å². The lowest BCUT2D eigenvalue weighted by Crippen LogP contribution is -2.18. The maximum Gasteiger partial charge on any atom is 0.274 e. The second-order valence-electron chi connectivity index (χ2n) is 5.81. The van der Waals surface area contributed by atoms with Gasteiger partial charge in [-0.2, -0.15) is 0 Å². The van der Waals surface area contributed by atoms with E-state index in [-0.39, 0.29) is 5.91 Å². The highest BCUT2D eigenvalue weighted by Crippen LogP contribution is 2.23. The normalized spacial score (nSPS) is 10.2. The first-order chi connectivity index (χ1) is 12.7. The van der Waals surface area contributed by atoms with Gasteiger partial charge in [0.05, 0.1) is 6.42 Å². The van der Waals surface area contributed by atoms with Crippen LogP contribution in [0, 0.1) is 0 Å². The Morgan fingerprint density at radius 3 is 2.23 bits per heavy atom. The predicted octanol–water partition coefficient (Wildman–Crippen LogP) is 3.65. The molecule has 3 rings (SSSR count). The highest BCUT2D eigenvalue weighted by atomic mass is 16.5. The Balaban J connectivity index is 1.71. The highest BCUT2D eigenvalue weighted by Gasteiger charge is 2.07. The molecule has 3 N–H and O–H groups in total. The Labute approximate surface area is 151 Å². The maximum absolute atomic E-state index is 12.2. The summed E-state index contributed by atoms with van der Waals surface area (Å²) in [7, 11) is 0. The molecule has 0 aliphatic heterocycles. The van der Waals surface area contributed by atoms with E-state index < -0.39 is 5.91 Å². The minimum atomic E-state index is -0.557. The third-order valence-electron chi connectivity index (χ3n) is 3.94. The molecular weight excluding hydrogens is 328 g/mol. The molecule has 0 fully saturated rings. The van der Waals surface area contributed by atoms with Crippen LogP contribution in [0.2, 0.25) is 0 Å². The molecular formula is C21H18N2O3. The molecule has 0 heterocycles. The van der Waals surface area contributed by atoms with E-state index in [0.717, 1.165) is 16.7 Å². The summed E-state index contributed by atoms with van der Waals surface area (Å²) in [6, 6.07) is 23.9. The van der Waals surface area contributed by atoms with Crippen molar-refractivity contribution in [2.24, 2.45) is 0 Å². The van der Waals surface area contributed by atoms with Crippen LogP contribution in [0.4, 0.5) is 5.69 Å². The molecule has 0 atom stereocenters. The van der Waals surface area contributed by atoms with Crippen molar-refractivity contribution in [3.63, 3.8) is 0 Å². The summed E-state index contributed by atoms with van der Waals surface area (Å²) in [6.07, 6.45) is 0.316. The van der Waals surface area contributed by atoms with Crippen LogP contribution in [0.1, 0.15) is 15.9 Å². The Morgan fingerprint density at radius 2 is 1.54 bits per heavy atom. The number of anilines is 1. The first kappa shape index (κ1) is 17.4. The van der Waals surface area contributed by atoms with Crippen molar-refractivity contribution in [1.29, 1.82) is 0 Å². The van der Waals surface area contributed by atoms with Gasteiger partial charge in [0.15, 0.2) is 0 Å². The predicted molar refractivity (Wildman–Crippen MR) is 99.9 cm³/mol. The van der Waals surface area contributed by atoms with Gasteiger partial charge in [0.25, 0.3) is 5.91 Å². The average Bonchev–Trinajstić information content (AvgIpc) is 2.68. The van der Waals surface area contributed by atoms with E-state index in [1.807, 2.05) is 54.6 Å². The summed E-state index contributed by atoms with van der Waals surface area (Å²) < 4.78 is 0. The minimum Gasteiger partial charge on any atom is -0.326 e. The molecule has 0 spiro atoms. The average molecular weight is 346 g/mol. The smallest absolute Gasteiger partial charge is 0.274 e. The van der Waals surface area contributed by atoms with E-state index in [0.29, 0.717) is 17.7 Å². The van der Waals surface area contributed by atoms with Crippen LogP contribution in [-0.4, -0.2) is 17.0 Å². The van der Waals surface area contributed by atoms with E-state index in [1.54, 1.807) is 29.7 Å². The molecule has 26 heavy (non-hydrogen) atoms. The second-order valence-corrected chi connectivity index (χ2v) is 5.81. The number of hydrogen-bond acceptors (Lipinski definition) is 3. The largest absolute Gasteiger partial charge is 0.326 e. The molecule has 0 bridgehead atoms. The van der Waals surface area contributed by atoms with Gasteiger partial charge in [-0.1, -0.05) is 54.6 Å². The molecule has 3 aromatic carbocycles. The van der Waals surface area contributed by atoms with Crippen molar-refractivity contribution in [2.45, 2.75) is 6.42 Å². The van der Waals surface area contributed by atoms with E-state index in [4.69, 9.17) is 5.21 Å². The number of benzene rings is 3. The van der Waals surface area contributed by atoms with Gasteiger partial charge in [-0.3, -0.25) is 14.8 Å². The Kier molecular flexibility index (Phi) is 5.41. The Bertz CT molecular complexity index is 906. The first-order valence-corrected chi connectivity index (χ1v) is 8.14. The van der Waals surface area contributed by atoms with Crippen LogP contribution in [0.3, 0.4) is 0 Å². The number of carbonyl (C=O) groups is 2. The fraction of sp³-hybridized carbons (Fsp3) is 0.0476. The topological polar surface area (TPSA) is 78.4 Å². The lowest BCUT2D eigenvalue weighted by molar-refractivity contribution is -0.115. The highest BCUT2D eigenvalue weighted by molar-refractivity contribution is 5.94. The third kappa shape index (κ3) is 4.34. The van der Waals surface area contributed by atoms with Crippen molar-refractivity contribution in [3.8, 4) is 11.1 Å². The molecule has 130 valence electrons. The lowest BCUT2D eigenvalue weighted by Gasteiger charge is -2.08. The molecule has 0 radical (unpaired) electrons. The third-order valence-corrected chi connectivity index (χ3v) is 3.94. The number of nitrogens with one attached hydrogen (secondary N) is 2. The molecule has 5 nitrogen and oxygen atoms in total. The zero-order valence-corrected chi connectivity index (χ0v) is 14.0. The first-order valence-electron chi connectivity index (χ1n) is 8.14. The summed E-state index contributed by atoms with van der Waals surface area (Å²) in [6.45, 7) is 0. The summed E-state index contributed by atoms with van der Waals surface area (Å²) in [4.78, 5) is 23.6. The van der Waals surface area contributed by atoms with Crippen molar-refractivity contribution >= 4 is 17.5 Å². The zero-order valence-electron chi connectivity index (χ0n) is 14.0. The maximum atomic E-state index is 12.2. The number of rotatable bonds is 5. The van der Waals surface area contributed by atoms with E-state index in [9.17, 15) is 9.59 Å². The lowest BCUT2D eigenvalue weighted by atomic mass is 10.0. The standard InChI is InChI=1S/C21H18N2O3/c24-20(13-15-5-2-1-3-6-15)22-19-8-4-7-18(14-19)16-9-11-17(12-10-16)21(25)23-26/h1-12,14,26H,13H2,(H,22,24)(H,23,25). The summed E-state index contributed by atoms with van der Waals surface area (Å²) in [5, 5.41) is 11.6. The number of hydrogen-bond donors (Lipinski definition) is 3. The molecule has 0 aliphatic rings. The van der Waals surface area contributed by atoms with Crippen LogP contribution in [0.15, 0.2) is 78.9 Å². The van der Waals surface area contributed by atoms with E-state index in [1.165, 1.54) is 0 Å². The molecule has 5 heteroatoms. The van der Waals surface area contributed by atoms with Gasteiger partial charge in [0.2, 0.25) is 5.91 Å². The molecule has 3 aromatic rings. The number of hydroxylamine groups is 1. The van der Waals surface area contributed by atoms with Crippen LogP contribution in [0.25, 0.3) is 11.1 Å². The van der Waals surface area contributed by atoms with Gasteiger partial charge >= 0.3 is 0 Å². The Hall–Kier alpha value is -3.44. The minimum absolute atomic E-state index is 0.0803. The van der Waals surface area contributed by atoms with Gasteiger partial charge in [-0.05, 0) is 41.0 Å². The molecule has 0 aliphatic carbocycles. The monoisotopic (exact) mass is 346 g/mol. The van der Waals surface area contributed by atoms with Crippen molar-refractivity contribution in [2.75, 3.05) is 5.32 Å². The number of carbonyl (C=O) groups excluding carboxylic acids is 2. The fourth-order valence-electron chi connectivity index (χ4n) is 2.64. The fourth-order valence-corrected chi connectivity index (χ4v) is 2.64. The van der Waals surface area contributed by atoms with Crippen molar-refractivity contribution in [1.82, 2.24) is 5.48 Å². The summed E-state index contributed by atoms with van der Waals surface area (Å²) in [5.74, 6) is -0.637. The van der Waals surface area contributed by atoms with Gasteiger partial charge in [-0.15, -0.1) is 0 Å². The summed E-state index contributed by atoms with van der Waals surface area (Å²) >= 11 is 0.